The molecule has 0 unspecified atom stereocenters. The van der Waals surface area contributed by atoms with Crippen LogP contribution in [0.5, 0.6) is 0 Å². The number of nitrogens with zero attached hydrogens (tertiary/aromatic N) is 1. The minimum Gasteiger partial charge on any atom is -0.378 e. The Morgan fingerprint density at radius 3 is 2.45 bits per heavy atom. The molecule has 1 aliphatic rings. The average molecular weight is 464 g/mol. The van der Waals surface area contributed by atoms with Crippen LogP contribution in [0.2, 0.25) is 0 Å². The lowest BCUT2D eigenvalue weighted by molar-refractivity contribution is -0.138. The normalized spacial score (nSPS) is 20.1. The molecule has 3 atom stereocenters. The first-order chi connectivity index (χ1) is 14.4. The molecule has 1 aliphatic heterocycles. The van der Waals surface area contributed by atoms with Crippen molar-refractivity contribution in [2.45, 2.75) is 52.1 Å². The number of ether oxygens (including phenoxy) is 1. The molecular formula is C19H33N3O8S. The van der Waals surface area contributed by atoms with Gasteiger partial charge in [-0.1, -0.05) is 20.8 Å². The number of ketones is 1. The summed E-state index contributed by atoms with van der Waals surface area (Å²) in [6.07, 6.45) is 0.358. The summed E-state index contributed by atoms with van der Waals surface area (Å²) in [6.45, 7) is 4.73. The topological polar surface area (TPSA) is 159 Å². The average Bonchev–Trinajstić information content (AvgIpc) is 2.96. The zero-order valence-electron chi connectivity index (χ0n) is 18.4. The van der Waals surface area contributed by atoms with Crippen molar-refractivity contribution in [2.75, 3.05) is 32.6 Å². The van der Waals surface area contributed by atoms with Crippen LogP contribution in [0.15, 0.2) is 0 Å². The quantitative estimate of drug-likeness (QED) is 0.240. The second-order valence-corrected chi connectivity index (χ2v) is 9.47. The minimum absolute atomic E-state index is 0.0383. The molecule has 3 amide bonds. The molecule has 1 heterocycles. The van der Waals surface area contributed by atoms with Crippen molar-refractivity contribution in [2.24, 2.45) is 11.8 Å². The lowest BCUT2D eigenvalue weighted by Crippen LogP contribution is -2.45. The number of nitrogens with one attached hydrogen (secondary N) is 2. The zero-order chi connectivity index (χ0) is 23.8. The summed E-state index contributed by atoms with van der Waals surface area (Å²) in [5, 5.41) is 5.15. The van der Waals surface area contributed by atoms with Gasteiger partial charge in [-0.3, -0.25) is 23.7 Å². The van der Waals surface area contributed by atoms with E-state index in [1.807, 2.05) is 13.8 Å². The molecule has 0 spiro atoms. The summed E-state index contributed by atoms with van der Waals surface area (Å²) in [5.74, 6) is -2.50. The molecule has 0 aromatic rings. The van der Waals surface area contributed by atoms with Gasteiger partial charge in [0.1, 0.15) is 6.04 Å². The highest BCUT2D eigenvalue weighted by Gasteiger charge is 2.41. The van der Waals surface area contributed by atoms with Crippen LogP contribution in [0.1, 0.15) is 40.0 Å². The summed E-state index contributed by atoms with van der Waals surface area (Å²) in [7, 11) is -2.69. The summed E-state index contributed by atoms with van der Waals surface area (Å²) < 4.78 is 35.7. The second kappa shape index (κ2) is 12.1. The third kappa shape index (κ3) is 8.91. The van der Waals surface area contributed by atoms with Crippen LogP contribution >= 0.6 is 0 Å². The summed E-state index contributed by atoms with van der Waals surface area (Å²) in [6, 6.07) is -1.37. The summed E-state index contributed by atoms with van der Waals surface area (Å²) in [4.78, 5) is 50.5. The highest BCUT2D eigenvalue weighted by atomic mass is 32.2. The Morgan fingerprint density at radius 2 is 1.94 bits per heavy atom. The fourth-order valence-corrected chi connectivity index (χ4v) is 3.69. The maximum atomic E-state index is 12.8. The first kappa shape index (κ1) is 27.0. The fraction of sp³-hybridized carbons (Fsp3) is 0.789. The van der Waals surface area contributed by atoms with Crippen molar-refractivity contribution in [1.29, 1.82) is 0 Å². The molecule has 12 heteroatoms. The van der Waals surface area contributed by atoms with Gasteiger partial charge in [0.05, 0.1) is 31.6 Å². The Labute approximate surface area is 183 Å². The van der Waals surface area contributed by atoms with Crippen molar-refractivity contribution in [3.63, 3.8) is 0 Å². The number of rotatable bonds is 13. The van der Waals surface area contributed by atoms with Gasteiger partial charge in [-0.25, -0.2) is 0 Å². The maximum Gasteiger partial charge on any atom is 0.267 e. The van der Waals surface area contributed by atoms with E-state index in [2.05, 4.69) is 10.6 Å². The van der Waals surface area contributed by atoms with Gasteiger partial charge < -0.3 is 20.3 Å². The molecule has 1 fully saturated rings. The van der Waals surface area contributed by atoms with E-state index < -0.39 is 39.8 Å². The molecule has 0 saturated carbocycles. The van der Waals surface area contributed by atoms with Gasteiger partial charge in [0.15, 0.2) is 5.78 Å². The minimum atomic E-state index is -4.18. The van der Waals surface area contributed by atoms with Crippen LogP contribution in [0.4, 0.5) is 0 Å². The van der Waals surface area contributed by atoms with Gasteiger partial charge in [0.2, 0.25) is 17.7 Å². The lowest BCUT2D eigenvalue weighted by Gasteiger charge is -2.25. The SMILES string of the molecule is CCC(=O)N[C@H]1C[C@@H](COCCS(=O)(=O)O)N(CC(=O)C[C@H](C(=O)NC)C(C)C)C1=O. The Morgan fingerprint density at radius 1 is 1.29 bits per heavy atom. The first-order valence-electron chi connectivity index (χ1n) is 10.3. The molecule has 0 radical (unpaired) electrons. The van der Waals surface area contributed by atoms with Crippen molar-refractivity contribution in [1.82, 2.24) is 15.5 Å². The summed E-state index contributed by atoms with van der Waals surface area (Å²) in [5.41, 5.74) is 0. The lowest BCUT2D eigenvalue weighted by atomic mass is 9.89. The van der Waals surface area contributed by atoms with E-state index in [9.17, 15) is 27.6 Å². The van der Waals surface area contributed by atoms with E-state index in [0.29, 0.717) is 0 Å². The second-order valence-electron chi connectivity index (χ2n) is 7.90. The van der Waals surface area contributed by atoms with Crippen molar-refractivity contribution < 1.29 is 36.9 Å². The third-order valence-electron chi connectivity index (χ3n) is 5.16. The molecule has 11 nitrogen and oxygen atoms in total. The molecule has 31 heavy (non-hydrogen) atoms. The van der Waals surface area contributed by atoms with Crippen molar-refractivity contribution >= 4 is 33.6 Å². The van der Waals surface area contributed by atoms with Gasteiger partial charge in [0, 0.05) is 25.8 Å². The van der Waals surface area contributed by atoms with Crippen LogP contribution < -0.4 is 10.6 Å². The van der Waals surface area contributed by atoms with E-state index in [4.69, 9.17) is 9.29 Å². The van der Waals surface area contributed by atoms with Gasteiger partial charge in [-0.2, -0.15) is 8.42 Å². The maximum absolute atomic E-state index is 12.8. The predicted octanol–water partition coefficient (Wildman–Crippen LogP) is -0.636. The smallest absolute Gasteiger partial charge is 0.267 e. The standard InChI is InChI=1S/C19H33N3O8S/c1-5-17(24)21-16-8-13(11-30-6-7-31(27,28)29)22(19(16)26)10-14(23)9-15(12(2)3)18(25)20-4/h12-13,15-16H,5-11H2,1-4H3,(H,20,25)(H,21,24)(H,27,28,29)/t13-,15-,16-/m0/s1. The van der Waals surface area contributed by atoms with Gasteiger partial charge in [0.25, 0.3) is 10.1 Å². The van der Waals surface area contributed by atoms with Crippen LogP contribution in [0.3, 0.4) is 0 Å². The van der Waals surface area contributed by atoms with Crippen molar-refractivity contribution in [3.8, 4) is 0 Å². The number of hydrogen-bond donors (Lipinski definition) is 3. The number of hydrogen-bond acceptors (Lipinski definition) is 7. The van der Waals surface area contributed by atoms with Crippen LogP contribution in [-0.4, -0.2) is 86.0 Å². The molecule has 0 aromatic carbocycles. The largest absolute Gasteiger partial charge is 0.378 e. The third-order valence-corrected chi connectivity index (χ3v) is 5.85. The molecule has 178 valence electrons. The van der Waals surface area contributed by atoms with E-state index in [-0.39, 0.29) is 62.5 Å². The molecule has 1 saturated heterocycles. The van der Waals surface area contributed by atoms with E-state index >= 15 is 0 Å². The first-order valence-corrected chi connectivity index (χ1v) is 11.9. The molecule has 1 rings (SSSR count). The monoisotopic (exact) mass is 463 g/mol. The van der Waals surface area contributed by atoms with Gasteiger partial charge in [-0.05, 0) is 12.3 Å². The Kier molecular flexibility index (Phi) is 10.5. The Hall–Kier alpha value is -2.05. The molecule has 0 aliphatic carbocycles. The van der Waals surface area contributed by atoms with Crippen LogP contribution in [0, 0.1) is 11.8 Å². The van der Waals surface area contributed by atoms with Crippen LogP contribution in [-0.2, 0) is 34.0 Å². The summed E-state index contributed by atoms with van der Waals surface area (Å²) >= 11 is 0. The Balaban J connectivity index is 2.85. The molecular weight excluding hydrogens is 430 g/mol. The molecule has 0 aromatic heterocycles. The van der Waals surface area contributed by atoms with Gasteiger partial charge >= 0.3 is 0 Å². The van der Waals surface area contributed by atoms with Crippen LogP contribution in [0.25, 0.3) is 0 Å². The van der Waals surface area contributed by atoms with E-state index in [1.54, 1.807) is 6.92 Å². The molecule has 0 bridgehead atoms. The highest BCUT2D eigenvalue weighted by Crippen LogP contribution is 2.22. The Bertz CT molecular complexity index is 768. The number of carbonyl (C=O) groups is 4. The van der Waals surface area contributed by atoms with E-state index in [0.717, 1.165) is 0 Å². The number of amides is 3. The number of Topliss-reactive ketones (excluding diaryl/α,β-unsaturated/α-hetero) is 1. The number of likely N-dealkylation sites (tertiary alicyclic amines) is 1. The zero-order valence-corrected chi connectivity index (χ0v) is 19.2. The number of carbonyl (C=O) groups excluding carboxylic acids is 4. The van der Waals surface area contributed by atoms with Crippen molar-refractivity contribution in [3.05, 3.63) is 0 Å². The molecule has 3 N–H and O–H groups in total. The fourth-order valence-electron chi connectivity index (χ4n) is 3.36. The predicted molar refractivity (Wildman–Crippen MR) is 112 cm³/mol. The highest BCUT2D eigenvalue weighted by molar-refractivity contribution is 7.85. The van der Waals surface area contributed by atoms with Gasteiger partial charge in [-0.15, -0.1) is 0 Å². The van der Waals surface area contributed by atoms with E-state index in [1.165, 1.54) is 11.9 Å².